The number of nitrogens with zero attached hydrogens (tertiary/aromatic N) is 4. The fourth-order valence-corrected chi connectivity index (χ4v) is 2.62. The molecule has 1 N–H and O–H groups in total. The summed E-state index contributed by atoms with van der Waals surface area (Å²) in [6.07, 6.45) is 0. The maximum atomic E-state index is 13.3. The second kappa shape index (κ2) is 8.23. The number of nitro groups is 1. The van der Waals surface area contributed by atoms with Gasteiger partial charge >= 0.3 is 12.4 Å². The van der Waals surface area contributed by atoms with E-state index in [0.29, 0.717) is 11.8 Å². The molecule has 3 aromatic rings. The van der Waals surface area contributed by atoms with Gasteiger partial charge in [0.15, 0.2) is 11.4 Å². The Morgan fingerprint density at radius 1 is 1.37 bits per heavy atom. The van der Waals surface area contributed by atoms with Gasteiger partial charge in [0.2, 0.25) is 0 Å². The van der Waals surface area contributed by atoms with Crippen molar-refractivity contribution in [1.82, 2.24) is 14.9 Å². The zero-order valence-corrected chi connectivity index (χ0v) is 15.6. The summed E-state index contributed by atoms with van der Waals surface area (Å²) in [6.45, 7) is -0.183. The number of nitrogens with one attached hydrogen (secondary N) is 1. The van der Waals surface area contributed by atoms with Gasteiger partial charge in [0.1, 0.15) is 11.6 Å². The predicted molar refractivity (Wildman–Crippen MR) is 94.9 cm³/mol. The van der Waals surface area contributed by atoms with E-state index in [2.05, 4.69) is 20.3 Å². The normalized spacial score (nSPS) is 11.0. The number of rotatable bonds is 7. The minimum atomic E-state index is -3.23. The molecule has 2 aromatic heterocycles. The molecule has 0 atom stereocenters. The standard InChI is InChI=1S/C17H14F3N5O5/c1-8-5-14(25(27)28)22-24(8)7-11-9(2)30-23-15(11)16(26)21-12-4-3-10(18)6-13(12)29-17(19)20/h3-6,17H,7H2,1-2H3,(H,21,26). The van der Waals surface area contributed by atoms with Crippen LogP contribution in [0.2, 0.25) is 0 Å². The second-order valence-electron chi connectivity index (χ2n) is 6.10. The number of benzene rings is 1. The summed E-state index contributed by atoms with van der Waals surface area (Å²) in [5.74, 6) is -2.36. The number of halogens is 3. The first kappa shape index (κ1) is 20.8. The van der Waals surface area contributed by atoms with Gasteiger partial charge in [0, 0.05) is 6.07 Å². The van der Waals surface area contributed by atoms with Crippen molar-refractivity contribution < 1.29 is 32.1 Å². The maximum absolute atomic E-state index is 13.3. The van der Waals surface area contributed by atoms with Crippen LogP contribution >= 0.6 is 0 Å². The van der Waals surface area contributed by atoms with Crippen molar-refractivity contribution in [1.29, 1.82) is 0 Å². The Kier molecular flexibility index (Phi) is 5.71. The van der Waals surface area contributed by atoms with Gasteiger partial charge in [-0.3, -0.25) is 4.79 Å². The Balaban J connectivity index is 1.88. The molecule has 0 aliphatic rings. The molecule has 0 aliphatic carbocycles. The van der Waals surface area contributed by atoms with Crippen LogP contribution in [0.4, 0.5) is 24.7 Å². The zero-order valence-electron chi connectivity index (χ0n) is 15.6. The number of aryl methyl sites for hydroxylation is 2. The van der Waals surface area contributed by atoms with Crippen LogP contribution in [0.25, 0.3) is 0 Å². The van der Waals surface area contributed by atoms with Crippen molar-refractivity contribution in [2.24, 2.45) is 0 Å². The summed E-state index contributed by atoms with van der Waals surface area (Å²) < 4.78 is 49.0. The quantitative estimate of drug-likeness (QED) is 0.454. The zero-order chi connectivity index (χ0) is 22.0. The molecule has 0 bridgehead atoms. The first-order valence-corrected chi connectivity index (χ1v) is 8.35. The molecular formula is C17H14F3N5O5. The van der Waals surface area contributed by atoms with Gasteiger partial charge in [0.05, 0.1) is 34.7 Å². The van der Waals surface area contributed by atoms with E-state index in [1.54, 1.807) is 6.92 Å². The number of carbonyl (C=O) groups is 1. The van der Waals surface area contributed by atoms with Gasteiger partial charge in [-0.15, -0.1) is 0 Å². The lowest BCUT2D eigenvalue weighted by Crippen LogP contribution is -2.17. The molecule has 0 aliphatic heterocycles. The van der Waals surface area contributed by atoms with Crippen LogP contribution in [0.5, 0.6) is 5.75 Å². The van der Waals surface area contributed by atoms with Crippen molar-refractivity contribution in [2.45, 2.75) is 27.0 Å². The molecule has 0 unspecified atom stereocenters. The van der Waals surface area contributed by atoms with Gasteiger partial charge in [-0.2, -0.15) is 13.5 Å². The molecule has 2 heterocycles. The van der Waals surface area contributed by atoms with Crippen LogP contribution < -0.4 is 10.1 Å². The number of ether oxygens (including phenoxy) is 1. The van der Waals surface area contributed by atoms with Gasteiger partial charge in [-0.1, -0.05) is 5.16 Å². The van der Waals surface area contributed by atoms with E-state index in [9.17, 15) is 28.1 Å². The Morgan fingerprint density at radius 2 is 2.10 bits per heavy atom. The highest BCUT2D eigenvalue weighted by atomic mass is 19.3. The Labute approximate surface area is 166 Å². The third-order valence-electron chi connectivity index (χ3n) is 4.07. The highest BCUT2D eigenvalue weighted by Crippen LogP contribution is 2.28. The SMILES string of the molecule is Cc1onc(C(=O)Nc2ccc(F)cc2OC(F)F)c1Cn1nc([N+](=O)[O-])cc1C. The predicted octanol–water partition coefficient (Wildman–Crippen LogP) is 3.44. The smallest absolute Gasteiger partial charge is 0.390 e. The van der Waals surface area contributed by atoms with Crippen molar-refractivity contribution in [2.75, 3.05) is 5.32 Å². The van der Waals surface area contributed by atoms with Crippen LogP contribution in [0.3, 0.4) is 0 Å². The van der Waals surface area contributed by atoms with Crippen molar-refractivity contribution in [3.63, 3.8) is 0 Å². The number of amides is 1. The molecular weight excluding hydrogens is 411 g/mol. The number of hydrogen-bond donors (Lipinski definition) is 1. The maximum Gasteiger partial charge on any atom is 0.390 e. The number of carbonyl (C=O) groups excluding carboxylic acids is 1. The first-order valence-electron chi connectivity index (χ1n) is 8.35. The Morgan fingerprint density at radius 3 is 2.73 bits per heavy atom. The molecule has 0 fully saturated rings. The van der Waals surface area contributed by atoms with Crippen LogP contribution in [-0.2, 0) is 6.54 Å². The Bertz CT molecular complexity index is 1110. The van der Waals surface area contributed by atoms with E-state index >= 15 is 0 Å². The van der Waals surface area contributed by atoms with Crippen molar-refractivity contribution in [3.8, 4) is 5.75 Å². The summed E-state index contributed by atoms with van der Waals surface area (Å²) in [5, 5.41) is 20.7. The van der Waals surface area contributed by atoms with Crippen LogP contribution in [0.15, 0.2) is 28.8 Å². The monoisotopic (exact) mass is 425 g/mol. The molecule has 0 saturated heterocycles. The lowest BCUT2D eigenvalue weighted by molar-refractivity contribution is -0.389. The second-order valence-corrected chi connectivity index (χ2v) is 6.10. The highest BCUT2D eigenvalue weighted by molar-refractivity contribution is 6.04. The molecule has 0 saturated carbocycles. The van der Waals surface area contributed by atoms with Gasteiger partial charge in [-0.25, -0.2) is 4.39 Å². The van der Waals surface area contributed by atoms with Gasteiger partial charge in [-0.05, 0) is 30.9 Å². The summed E-state index contributed by atoms with van der Waals surface area (Å²) in [7, 11) is 0. The minimum absolute atomic E-state index is 0.0679. The van der Waals surface area contributed by atoms with Gasteiger partial charge < -0.3 is 24.7 Å². The van der Waals surface area contributed by atoms with Gasteiger partial charge in [0.25, 0.3) is 5.91 Å². The lowest BCUT2D eigenvalue weighted by Gasteiger charge is -2.11. The number of alkyl halides is 2. The summed E-state index contributed by atoms with van der Waals surface area (Å²) in [4.78, 5) is 22.9. The number of hydrogen-bond acceptors (Lipinski definition) is 7. The average Bonchev–Trinajstić information content (AvgIpc) is 3.21. The highest BCUT2D eigenvalue weighted by Gasteiger charge is 2.25. The molecule has 1 aromatic carbocycles. The molecule has 1 amide bonds. The number of anilines is 1. The van der Waals surface area contributed by atoms with E-state index in [-0.39, 0.29) is 35.1 Å². The van der Waals surface area contributed by atoms with E-state index in [0.717, 1.165) is 12.1 Å². The minimum Gasteiger partial charge on any atom is -0.432 e. The lowest BCUT2D eigenvalue weighted by atomic mass is 10.1. The third kappa shape index (κ3) is 4.39. The van der Waals surface area contributed by atoms with Crippen LogP contribution in [0, 0.1) is 29.8 Å². The largest absolute Gasteiger partial charge is 0.432 e. The summed E-state index contributed by atoms with van der Waals surface area (Å²) in [6, 6.07) is 3.96. The Hall–Kier alpha value is -3.90. The average molecular weight is 425 g/mol. The molecule has 10 nitrogen and oxygen atoms in total. The number of aromatic nitrogens is 3. The van der Waals surface area contributed by atoms with E-state index in [1.165, 1.54) is 17.7 Å². The summed E-state index contributed by atoms with van der Waals surface area (Å²) in [5.41, 5.74) is 0.323. The van der Waals surface area contributed by atoms with Crippen molar-refractivity contribution in [3.05, 3.63) is 62.9 Å². The molecule has 0 spiro atoms. The van der Waals surface area contributed by atoms with E-state index < -0.39 is 29.0 Å². The van der Waals surface area contributed by atoms with E-state index in [4.69, 9.17) is 4.52 Å². The van der Waals surface area contributed by atoms with Crippen molar-refractivity contribution >= 4 is 17.4 Å². The molecule has 158 valence electrons. The molecule has 0 radical (unpaired) electrons. The molecule has 30 heavy (non-hydrogen) atoms. The fourth-order valence-electron chi connectivity index (χ4n) is 2.62. The van der Waals surface area contributed by atoms with Crippen LogP contribution in [0.1, 0.15) is 27.5 Å². The topological polar surface area (TPSA) is 125 Å². The summed E-state index contributed by atoms with van der Waals surface area (Å²) >= 11 is 0. The first-order chi connectivity index (χ1) is 14.2. The van der Waals surface area contributed by atoms with E-state index in [1.807, 2.05) is 0 Å². The molecule has 13 heteroatoms. The van der Waals surface area contributed by atoms with Crippen LogP contribution in [-0.4, -0.2) is 32.4 Å². The fraction of sp³-hybridized carbons (Fsp3) is 0.235. The molecule has 3 rings (SSSR count). The third-order valence-corrected chi connectivity index (χ3v) is 4.07.